The first kappa shape index (κ1) is 11.2. The Hall–Kier alpha value is -0.640. The molecule has 0 bridgehead atoms. The van der Waals surface area contributed by atoms with Gasteiger partial charge in [-0.05, 0) is 30.7 Å². The Morgan fingerprint density at radius 3 is 3.06 bits per heavy atom. The number of thioether (sulfide) groups is 1. The minimum atomic E-state index is 0.879. The normalized spacial score (nSPS) is 18.7. The van der Waals surface area contributed by atoms with Crippen molar-refractivity contribution in [1.29, 1.82) is 0 Å². The maximum absolute atomic E-state index is 6.28. The van der Waals surface area contributed by atoms with Crippen LogP contribution in [-0.4, -0.2) is 23.4 Å². The van der Waals surface area contributed by atoms with Crippen molar-refractivity contribution in [3.8, 4) is 0 Å². The van der Waals surface area contributed by atoms with Crippen molar-refractivity contribution in [3.63, 3.8) is 0 Å². The zero-order valence-corrected chi connectivity index (χ0v) is 11.7. The first-order valence-corrected chi connectivity index (χ1v) is 7.88. The summed E-state index contributed by atoms with van der Waals surface area (Å²) in [7, 11) is 0. The lowest BCUT2D eigenvalue weighted by Crippen LogP contribution is -2.18. The topological polar surface area (TPSA) is 17.0 Å². The largest absolute Gasteiger partial charge is 0.343 e. The number of hydrogen-bond donors (Lipinski definition) is 1. The minimum Gasteiger partial charge on any atom is -0.343 e. The number of nitrogens with one attached hydrogen (secondary N) is 1. The van der Waals surface area contributed by atoms with Crippen molar-refractivity contribution in [2.75, 3.05) is 18.8 Å². The zero-order chi connectivity index (χ0) is 12.1. The molecule has 0 radical (unpaired) electrons. The van der Waals surface area contributed by atoms with E-state index in [-0.39, 0.29) is 0 Å². The molecule has 2 aliphatic heterocycles. The summed E-state index contributed by atoms with van der Waals surface area (Å²) in [6, 6.07) is 4.29. The zero-order valence-electron chi connectivity index (χ0n) is 10.1. The highest BCUT2D eigenvalue weighted by Gasteiger charge is 2.23. The van der Waals surface area contributed by atoms with Gasteiger partial charge in [0.25, 0.3) is 0 Å². The highest BCUT2D eigenvalue weighted by atomic mass is 35.5. The Balaban J connectivity index is 2.10. The number of aryl methyl sites for hydroxylation is 1. The van der Waals surface area contributed by atoms with E-state index >= 15 is 0 Å². The average molecular weight is 279 g/mol. The molecular weight excluding hydrogens is 264 g/mol. The lowest BCUT2D eigenvalue weighted by molar-refractivity contribution is 0.682. The van der Waals surface area contributed by atoms with Gasteiger partial charge in [-0.2, -0.15) is 0 Å². The molecule has 0 fully saturated rings. The van der Waals surface area contributed by atoms with Crippen LogP contribution < -0.4 is 5.32 Å². The van der Waals surface area contributed by atoms with Gasteiger partial charge < -0.3 is 9.88 Å². The number of nitrogens with zero attached hydrogens (tertiary/aromatic N) is 1. The van der Waals surface area contributed by atoms with Crippen LogP contribution in [0.2, 0.25) is 5.02 Å². The standard InChI is InChI=1S/C14H15ClN2S/c15-9-7-11-10-1-3-16-4-2-12(10)17-5-6-18-13(8-9)14(11)17/h7-8,16H,1-6H2. The highest BCUT2D eigenvalue weighted by Crippen LogP contribution is 2.40. The Morgan fingerprint density at radius 2 is 2.11 bits per heavy atom. The van der Waals surface area contributed by atoms with Crippen molar-refractivity contribution >= 4 is 34.3 Å². The Labute approximate surface area is 116 Å². The number of benzene rings is 1. The van der Waals surface area contributed by atoms with Gasteiger partial charge in [0.2, 0.25) is 0 Å². The fourth-order valence-electron chi connectivity index (χ4n) is 3.25. The van der Waals surface area contributed by atoms with Gasteiger partial charge in [-0.25, -0.2) is 0 Å². The molecule has 0 atom stereocenters. The highest BCUT2D eigenvalue weighted by molar-refractivity contribution is 7.99. The molecular formula is C14H15ClN2S. The van der Waals surface area contributed by atoms with Crippen LogP contribution in [0.1, 0.15) is 11.3 Å². The molecule has 1 N–H and O–H groups in total. The first-order chi connectivity index (χ1) is 8.84. The number of fused-ring (bicyclic) bond motifs is 3. The first-order valence-electron chi connectivity index (χ1n) is 6.51. The summed E-state index contributed by atoms with van der Waals surface area (Å²) in [5.41, 5.74) is 4.50. The van der Waals surface area contributed by atoms with Crippen LogP contribution in [0.3, 0.4) is 0 Å². The van der Waals surface area contributed by atoms with Crippen molar-refractivity contribution in [1.82, 2.24) is 9.88 Å². The second-order valence-corrected chi connectivity index (χ2v) is 6.55. The predicted molar refractivity (Wildman–Crippen MR) is 77.9 cm³/mol. The Bertz CT molecular complexity index is 632. The molecule has 0 aliphatic carbocycles. The molecule has 1 aromatic carbocycles. The summed E-state index contributed by atoms with van der Waals surface area (Å²) in [4.78, 5) is 1.37. The summed E-state index contributed by atoms with van der Waals surface area (Å²) >= 11 is 8.22. The molecule has 2 aromatic rings. The molecule has 0 amide bonds. The van der Waals surface area contributed by atoms with E-state index in [9.17, 15) is 0 Å². The summed E-state index contributed by atoms with van der Waals surface area (Å²) in [5.74, 6) is 1.16. The second kappa shape index (κ2) is 4.19. The van der Waals surface area contributed by atoms with Gasteiger partial charge in [0.05, 0.1) is 5.52 Å². The van der Waals surface area contributed by atoms with Gasteiger partial charge in [-0.3, -0.25) is 0 Å². The summed E-state index contributed by atoms with van der Waals surface area (Å²) in [6.45, 7) is 3.33. The van der Waals surface area contributed by atoms with Gasteiger partial charge in [-0.15, -0.1) is 11.8 Å². The van der Waals surface area contributed by atoms with Crippen LogP contribution in [0.15, 0.2) is 17.0 Å². The van der Waals surface area contributed by atoms with E-state index in [2.05, 4.69) is 22.0 Å². The fourth-order valence-corrected chi connectivity index (χ4v) is 4.59. The quantitative estimate of drug-likeness (QED) is 0.798. The second-order valence-electron chi connectivity index (χ2n) is 4.98. The van der Waals surface area contributed by atoms with Crippen LogP contribution in [0.4, 0.5) is 0 Å². The lowest BCUT2D eigenvalue weighted by Gasteiger charge is -2.17. The third-order valence-corrected chi connectivity index (χ3v) is 5.20. The number of aromatic nitrogens is 1. The van der Waals surface area contributed by atoms with E-state index in [4.69, 9.17) is 11.6 Å². The van der Waals surface area contributed by atoms with Gasteiger partial charge in [0.15, 0.2) is 0 Å². The number of rotatable bonds is 0. The molecule has 4 heteroatoms. The molecule has 0 spiro atoms. The van der Waals surface area contributed by atoms with Crippen molar-refractivity contribution in [2.45, 2.75) is 24.3 Å². The predicted octanol–water partition coefficient (Wildman–Crippen LogP) is 3.09. The Kier molecular flexibility index (Phi) is 2.61. The van der Waals surface area contributed by atoms with Gasteiger partial charge in [-0.1, -0.05) is 11.6 Å². The fraction of sp³-hybridized carbons (Fsp3) is 0.429. The van der Waals surface area contributed by atoms with Gasteiger partial charge in [0.1, 0.15) is 0 Å². The molecule has 0 saturated heterocycles. The minimum absolute atomic E-state index is 0.879. The third kappa shape index (κ3) is 1.54. The van der Waals surface area contributed by atoms with Gasteiger partial charge >= 0.3 is 0 Å². The van der Waals surface area contributed by atoms with E-state index in [0.717, 1.165) is 43.3 Å². The van der Waals surface area contributed by atoms with Crippen LogP contribution in [0.5, 0.6) is 0 Å². The van der Waals surface area contributed by atoms with Crippen molar-refractivity contribution in [3.05, 3.63) is 28.4 Å². The molecule has 18 heavy (non-hydrogen) atoms. The summed E-state index contributed by atoms with van der Waals surface area (Å²) in [5, 5.41) is 5.76. The van der Waals surface area contributed by atoms with Crippen molar-refractivity contribution < 1.29 is 0 Å². The smallest absolute Gasteiger partial charge is 0.0624 e. The van der Waals surface area contributed by atoms with Crippen LogP contribution >= 0.6 is 23.4 Å². The molecule has 0 saturated carbocycles. The Morgan fingerprint density at radius 1 is 1.22 bits per heavy atom. The molecule has 3 heterocycles. The molecule has 4 rings (SSSR count). The summed E-state index contributed by atoms with van der Waals surface area (Å²) in [6.07, 6.45) is 2.27. The van der Waals surface area contributed by atoms with Crippen LogP contribution in [-0.2, 0) is 19.4 Å². The number of hydrogen-bond acceptors (Lipinski definition) is 2. The number of halogens is 1. The van der Waals surface area contributed by atoms with E-state index in [0.29, 0.717) is 0 Å². The van der Waals surface area contributed by atoms with Gasteiger partial charge in [0, 0.05) is 46.3 Å². The average Bonchev–Trinajstić information content (AvgIpc) is 2.55. The summed E-state index contributed by atoms with van der Waals surface area (Å²) < 4.78 is 2.54. The maximum Gasteiger partial charge on any atom is 0.0624 e. The third-order valence-electron chi connectivity index (χ3n) is 3.97. The SMILES string of the molecule is Clc1cc2c3c(c1)c1c(n3CCS2)CCNCC1. The molecule has 94 valence electrons. The monoisotopic (exact) mass is 278 g/mol. The molecule has 0 unspecified atom stereocenters. The molecule has 2 nitrogen and oxygen atoms in total. The van der Waals surface area contributed by atoms with E-state index in [1.54, 1.807) is 5.69 Å². The molecule has 2 aliphatic rings. The maximum atomic E-state index is 6.28. The molecule has 1 aromatic heterocycles. The van der Waals surface area contributed by atoms with Crippen LogP contribution in [0, 0.1) is 0 Å². The van der Waals surface area contributed by atoms with E-state index in [1.807, 2.05) is 11.8 Å². The lowest BCUT2D eigenvalue weighted by atomic mass is 10.1. The van der Waals surface area contributed by atoms with Crippen molar-refractivity contribution in [2.24, 2.45) is 0 Å². The van der Waals surface area contributed by atoms with E-state index in [1.165, 1.54) is 21.4 Å². The van der Waals surface area contributed by atoms with E-state index < -0.39 is 0 Å². The van der Waals surface area contributed by atoms with Crippen LogP contribution in [0.25, 0.3) is 10.9 Å².